The highest BCUT2D eigenvalue weighted by molar-refractivity contribution is 6.56. The van der Waals surface area contributed by atoms with Crippen LogP contribution in [0.15, 0.2) is 29.4 Å². The van der Waals surface area contributed by atoms with Gasteiger partial charge in [-0.15, -0.1) is 11.6 Å². The van der Waals surface area contributed by atoms with Crippen LogP contribution in [0.4, 0.5) is 11.4 Å². The zero-order valence-electron chi connectivity index (χ0n) is 10.2. The summed E-state index contributed by atoms with van der Waals surface area (Å²) in [4.78, 5) is 9.98. The first-order valence-electron chi connectivity index (χ1n) is 5.51. The SMILES string of the molecule is O=[N+]([O-])c1ccc(NN=CC(Cl)(Cl)CC(Cl)CO)cc1. The van der Waals surface area contributed by atoms with Crippen LogP contribution in [0.3, 0.4) is 0 Å². The van der Waals surface area contributed by atoms with Gasteiger partial charge in [0.1, 0.15) is 0 Å². The highest BCUT2D eigenvalue weighted by atomic mass is 35.5. The van der Waals surface area contributed by atoms with Crippen molar-refractivity contribution < 1.29 is 10.0 Å². The van der Waals surface area contributed by atoms with E-state index in [0.717, 1.165) is 0 Å². The van der Waals surface area contributed by atoms with Gasteiger partial charge in [0.05, 0.1) is 28.8 Å². The predicted octanol–water partition coefficient (Wildman–Crippen LogP) is 3.16. The number of hydrazone groups is 1. The Labute approximate surface area is 130 Å². The molecule has 20 heavy (non-hydrogen) atoms. The van der Waals surface area contributed by atoms with Crippen LogP contribution in [-0.2, 0) is 0 Å². The lowest BCUT2D eigenvalue weighted by atomic mass is 10.2. The minimum atomic E-state index is -1.32. The Morgan fingerprint density at radius 1 is 1.45 bits per heavy atom. The van der Waals surface area contributed by atoms with Gasteiger partial charge in [0.25, 0.3) is 5.69 Å². The van der Waals surface area contributed by atoms with Gasteiger partial charge in [-0.1, -0.05) is 23.2 Å². The Morgan fingerprint density at radius 2 is 2.05 bits per heavy atom. The van der Waals surface area contributed by atoms with Crippen LogP contribution in [-0.4, -0.2) is 32.6 Å². The molecule has 1 unspecified atom stereocenters. The van der Waals surface area contributed by atoms with Crippen LogP contribution in [0.2, 0.25) is 0 Å². The number of aliphatic hydroxyl groups is 1. The van der Waals surface area contributed by atoms with E-state index in [2.05, 4.69) is 10.5 Å². The van der Waals surface area contributed by atoms with Crippen molar-refractivity contribution in [2.24, 2.45) is 5.10 Å². The van der Waals surface area contributed by atoms with E-state index in [1.165, 1.54) is 30.5 Å². The van der Waals surface area contributed by atoms with Crippen LogP contribution < -0.4 is 5.43 Å². The van der Waals surface area contributed by atoms with Gasteiger partial charge in [-0.2, -0.15) is 5.10 Å². The molecule has 110 valence electrons. The van der Waals surface area contributed by atoms with Crippen LogP contribution in [0.5, 0.6) is 0 Å². The molecule has 1 rings (SSSR count). The standard InChI is InChI=1S/C11H12Cl3N3O3/c12-8(6-18)5-11(13,14)7-15-16-9-1-3-10(4-2-9)17(19)20/h1-4,7-8,16,18H,5-6H2. The molecule has 0 amide bonds. The predicted molar refractivity (Wildman–Crippen MR) is 81.0 cm³/mol. The van der Waals surface area contributed by atoms with Crippen molar-refractivity contribution in [1.29, 1.82) is 0 Å². The summed E-state index contributed by atoms with van der Waals surface area (Å²) < 4.78 is -1.32. The lowest BCUT2D eigenvalue weighted by Gasteiger charge is -2.16. The topological polar surface area (TPSA) is 87.8 Å². The third-order valence-electron chi connectivity index (χ3n) is 2.22. The fraction of sp³-hybridized carbons (Fsp3) is 0.364. The number of nitrogens with one attached hydrogen (secondary N) is 1. The molecule has 1 aromatic carbocycles. The van der Waals surface area contributed by atoms with E-state index in [1.807, 2.05) is 0 Å². The van der Waals surface area contributed by atoms with Gasteiger partial charge < -0.3 is 5.11 Å². The molecule has 6 nitrogen and oxygen atoms in total. The number of nitro groups is 1. The van der Waals surface area contributed by atoms with Crippen LogP contribution >= 0.6 is 34.8 Å². The van der Waals surface area contributed by atoms with Crippen LogP contribution in [0.25, 0.3) is 0 Å². The van der Waals surface area contributed by atoms with Gasteiger partial charge in [-0.05, 0) is 12.1 Å². The molecule has 9 heteroatoms. The second kappa shape index (κ2) is 7.64. The van der Waals surface area contributed by atoms with E-state index < -0.39 is 14.6 Å². The van der Waals surface area contributed by atoms with E-state index in [4.69, 9.17) is 39.9 Å². The monoisotopic (exact) mass is 339 g/mol. The van der Waals surface area contributed by atoms with Gasteiger partial charge in [0, 0.05) is 18.6 Å². The highest BCUT2D eigenvalue weighted by Gasteiger charge is 2.25. The molecular weight excluding hydrogens is 328 g/mol. The van der Waals surface area contributed by atoms with Crippen LogP contribution in [0.1, 0.15) is 6.42 Å². The molecule has 1 aromatic rings. The minimum absolute atomic E-state index is 0.0171. The zero-order chi connectivity index (χ0) is 15.2. The Kier molecular flexibility index (Phi) is 6.48. The molecule has 0 spiro atoms. The van der Waals surface area contributed by atoms with E-state index in [1.54, 1.807) is 0 Å². The zero-order valence-corrected chi connectivity index (χ0v) is 12.4. The summed E-state index contributed by atoms with van der Waals surface area (Å²) in [7, 11) is 0. The number of nitrogens with zero attached hydrogens (tertiary/aromatic N) is 2. The molecule has 2 N–H and O–H groups in total. The molecule has 0 bridgehead atoms. The summed E-state index contributed by atoms with van der Waals surface area (Å²) in [5.41, 5.74) is 3.16. The fourth-order valence-electron chi connectivity index (χ4n) is 1.27. The second-order valence-electron chi connectivity index (χ2n) is 3.92. The lowest BCUT2D eigenvalue weighted by molar-refractivity contribution is -0.384. The second-order valence-corrected chi connectivity index (χ2v) is 6.08. The summed E-state index contributed by atoms with van der Waals surface area (Å²) in [5.74, 6) is 0. The first kappa shape index (κ1) is 17.0. The van der Waals surface area contributed by atoms with E-state index in [0.29, 0.717) is 5.69 Å². The van der Waals surface area contributed by atoms with E-state index in [-0.39, 0.29) is 18.7 Å². The molecule has 0 aliphatic rings. The molecule has 0 aromatic heterocycles. The molecule has 0 saturated carbocycles. The van der Waals surface area contributed by atoms with Crippen molar-refractivity contribution in [2.45, 2.75) is 16.1 Å². The third kappa shape index (κ3) is 5.92. The van der Waals surface area contributed by atoms with Gasteiger partial charge in [0.15, 0.2) is 4.33 Å². The maximum Gasteiger partial charge on any atom is 0.269 e. The van der Waals surface area contributed by atoms with Crippen molar-refractivity contribution in [3.8, 4) is 0 Å². The summed E-state index contributed by atoms with van der Waals surface area (Å²) >= 11 is 17.6. The molecule has 0 fully saturated rings. The van der Waals surface area contributed by atoms with Crippen LogP contribution in [0, 0.1) is 10.1 Å². The third-order valence-corrected chi connectivity index (χ3v) is 3.01. The molecule has 0 heterocycles. The van der Waals surface area contributed by atoms with Crippen molar-refractivity contribution >= 4 is 52.4 Å². The van der Waals surface area contributed by atoms with Crippen molar-refractivity contribution in [1.82, 2.24) is 0 Å². The normalized spacial score (nSPS) is 13.4. The Morgan fingerprint density at radius 3 is 2.55 bits per heavy atom. The maximum absolute atomic E-state index is 10.5. The number of hydrogen-bond donors (Lipinski definition) is 2. The number of rotatable bonds is 7. The van der Waals surface area contributed by atoms with E-state index in [9.17, 15) is 10.1 Å². The van der Waals surface area contributed by atoms with Gasteiger partial charge >= 0.3 is 0 Å². The first-order valence-corrected chi connectivity index (χ1v) is 6.71. The molecule has 0 saturated heterocycles. The minimum Gasteiger partial charge on any atom is -0.395 e. The number of non-ortho nitro benzene ring substituents is 1. The fourth-order valence-corrected chi connectivity index (χ4v) is 2.14. The number of benzene rings is 1. The van der Waals surface area contributed by atoms with Gasteiger partial charge in [0.2, 0.25) is 0 Å². The summed E-state index contributed by atoms with van der Waals surface area (Å²) in [5, 5.41) is 22.5. The molecule has 0 aliphatic carbocycles. The van der Waals surface area contributed by atoms with Crippen molar-refractivity contribution in [3.05, 3.63) is 34.4 Å². The quantitative estimate of drug-likeness (QED) is 0.345. The number of halogens is 3. The Balaban J connectivity index is 2.57. The highest BCUT2D eigenvalue weighted by Crippen LogP contribution is 2.26. The summed E-state index contributed by atoms with van der Waals surface area (Å²) in [6, 6.07) is 5.68. The summed E-state index contributed by atoms with van der Waals surface area (Å²) in [6.45, 7) is -0.244. The maximum atomic E-state index is 10.5. The molecule has 0 radical (unpaired) electrons. The average molecular weight is 341 g/mol. The van der Waals surface area contributed by atoms with Crippen molar-refractivity contribution in [2.75, 3.05) is 12.0 Å². The number of hydrogen-bond acceptors (Lipinski definition) is 5. The lowest BCUT2D eigenvalue weighted by Crippen LogP contribution is -2.22. The average Bonchev–Trinajstić information content (AvgIpc) is 2.38. The number of anilines is 1. The first-order chi connectivity index (χ1) is 9.34. The molecule has 1 atom stereocenters. The Bertz CT molecular complexity index is 480. The number of alkyl halides is 3. The van der Waals surface area contributed by atoms with Gasteiger partial charge in [-0.3, -0.25) is 15.5 Å². The smallest absolute Gasteiger partial charge is 0.269 e. The summed E-state index contributed by atoms with van der Waals surface area (Å²) in [6.07, 6.45) is 1.36. The molecular formula is C11H12Cl3N3O3. The largest absolute Gasteiger partial charge is 0.395 e. The van der Waals surface area contributed by atoms with Gasteiger partial charge in [-0.25, -0.2) is 0 Å². The van der Waals surface area contributed by atoms with Crippen molar-refractivity contribution in [3.63, 3.8) is 0 Å². The van der Waals surface area contributed by atoms with E-state index >= 15 is 0 Å². The number of nitro benzene ring substituents is 1. The Hall–Kier alpha value is -1.08. The molecule has 0 aliphatic heterocycles. The number of aliphatic hydroxyl groups excluding tert-OH is 1.